The molecule has 0 aliphatic carbocycles. The lowest BCUT2D eigenvalue weighted by molar-refractivity contribution is 0.0947. The number of nitrogens with zero attached hydrogens (tertiary/aromatic N) is 6. The first-order valence-corrected chi connectivity index (χ1v) is 10.6. The quantitative estimate of drug-likeness (QED) is 0.418. The number of fused-ring (bicyclic) bond motifs is 2. The molecule has 0 aliphatic rings. The van der Waals surface area contributed by atoms with Crippen LogP contribution < -0.4 is 10.9 Å². The zero-order valence-corrected chi connectivity index (χ0v) is 18.1. The van der Waals surface area contributed by atoms with Crippen molar-refractivity contribution in [2.24, 2.45) is 0 Å². The van der Waals surface area contributed by atoms with Gasteiger partial charge in [-0.1, -0.05) is 35.9 Å². The van der Waals surface area contributed by atoms with Crippen molar-refractivity contribution < 1.29 is 4.79 Å². The molecule has 0 fully saturated rings. The summed E-state index contributed by atoms with van der Waals surface area (Å²) in [6.07, 6.45) is 4.44. The molecule has 10 heteroatoms. The first-order valence-electron chi connectivity index (χ1n) is 10.2. The lowest BCUT2D eigenvalue weighted by Crippen LogP contribution is -2.28. The Labute approximate surface area is 192 Å². The van der Waals surface area contributed by atoms with Crippen molar-refractivity contribution in [3.8, 4) is 0 Å². The first-order chi connectivity index (χ1) is 16.1. The minimum absolute atomic E-state index is 0.193. The highest BCUT2D eigenvalue weighted by atomic mass is 35.5. The third-order valence-corrected chi connectivity index (χ3v) is 5.39. The molecule has 0 saturated heterocycles. The number of amides is 1. The highest BCUT2D eigenvalue weighted by molar-refractivity contribution is 6.30. The van der Waals surface area contributed by atoms with Crippen LogP contribution in [0.4, 0.5) is 0 Å². The fourth-order valence-electron chi connectivity index (χ4n) is 3.54. The molecule has 1 N–H and O–H groups in total. The lowest BCUT2D eigenvalue weighted by atomic mass is 10.2. The Kier molecular flexibility index (Phi) is 5.54. The van der Waals surface area contributed by atoms with Gasteiger partial charge in [-0.2, -0.15) is 5.10 Å². The third-order valence-electron chi connectivity index (χ3n) is 5.15. The molecule has 2 aromatic carbocycles. The second kappa shape index (κ2) is 8.79. The molecule has 3 aromatic heterocycles. The highest BCUT2D eigenvalue weighted by Crippen LogP contribution is 2.12. The lowest BCUT2D eigenvalue weighted by Gasteiger charge is -2.08. The fraction of sp³-hybridized carbons (Fsp3) is 0.130. The topological polar surface area (TPSA) is 108 Å². The van der Waals surface area contributed by atoms with Crippen molar-refractivity contribution in [3.05, 3.63) is 93.9 Å². The zero-order valence-electron chi connectivity index (χ0n) is 17.3. The number of nitrogens with one attached hydrogen (secondary N) is 1. The summed E-state index contributed by atoms with van der Waals surface area (Å²) < 4.78 is 3.10. The van der Waals surface area contributed by atoms with Gasteiger partial charge in [0.2, 0.25) is 0 Å². The average Bonchev–Trinajstić information content (AvgIpc) is 3.24. The summed E-state index contributed by atoms with van der Waals surface area (Å²) >= 11 is 6.03. The summed E-state index contributed by atoms with van der Waals surface area (Å²) in [6.45, 7) is 0.995. The molecule has 0 radical (unpaired) electrons. The van der Waals surface area contributed by atoms with E-state index >= 15 is 0 Å². The van der Waals surface area contributed by atoms with Crippen LogP contribution in [0.1, 0.15) is 16.1 Å². The molecule has 1 amide bonds. The Bertz CT molecular complexity index is 1540. The van der Waals surface area contributed by atoms with E-state index in [0.717, 1.165) is 11.1 Å². The van der Waals surface area contributed by atoms with Crippen molar-refractivity contribution in [1.29, 1.82) is 0 Å². The van der Waals surface area contributed by atoms with Crippen LogP contribution in [-0.2, 0) is 13.1 Å². The smallest absolute Gasteiger partial charge is 0.271 e. The van der Waals surface area contributed by atoms with Crippen LogP contribution >= 0.6 is 11.6 Å². The molecule has 9 nitrogen and oxygen atoms in total. The van der Waals surface area contributed by atoms with E-state index in [0.29, 0.717) is 34.7 Å². The summed E-state index contributed by atoms with van der Waals surface area (Å²) in [5, 5.41) is 8.09. The van der Waals surface area contributed by atoms with Crippen molar-refractivity contribution in [2.75, 3.05) is 6.54 Å². The molecule has 0 saturated carbocycles. The molecule has 33 heavy (non-hydrogen) atoms. The number of para-hydroxylation sites is 2. The van der Waals surface area contributed by atoms with Crippen LogP contribution in [0, 0.1) is 0 Å². The van der Waals surface area contributed by atoms with Gasteiger partial charge in [0.1, 0.15) is 17.4 Å². The summed E-state index contributed by atoms with van der Waals surface area (Å²) in [5.74, 6) is -0.332. The summed E-state index contributed by atoms with van der Waals surface area (Å²) in [4.78, 5) is 38.3. The van der Waals surface area contributed by atoms with E-state index in [-0.39, 0.29) is 23.7 Å². The zero-order chi connectivity index (χ0) is 22.8. The number of benzene rings is 2. The fourth-order valence-corrected chi connectivity index (χ4v) is 3.75. The summed E-state index contributed by atoms with van der Waals surface area (Å²) in [7, 11) is 0. The highest BCUT2D eigenvalue weighted by Gasteiger charge is 2.12. The molecule has 0 unspecified atom stereocenters. The standard InChI is InChI=1S/C23H18ClN7O2/c24-16-5-3-4-15(10-16)13-30-14-27-21-17(23(30)33)11-28-31(21)9-8-25-22(32)20-12-26-18-6-1-2-7-19(18)29-20/h1-7,10-12,14H,8-9,13H2,(H,25,32). The average molecular weight is 460 g/mol. The molecule has 164 valence electrons. The Morgan fingerprint density at radius 2 is 1.88 bits per heavy atom. The predicted octanol–water partition coefficient (Wildman–Crippen LogP) is 2.67. The number of rotatable bonds is 6. The Morgan fingerprint density at radius 1 is 1.03 bits per heavy atom. The molecule has 0 aliphatic heterocycles. The maximum Gasteiger partial charge on any atom is 0.271 e. The number of aromatic nitrogens is 6. The second-order valence-electron chi connectivity index (χ2n) is 7.41. The normalized spacial score (nSPS) is 11.2. The number of carbonyl (C=O) groups excluding carboxylic acids is 1. The Hall–Kier alpha value is -4.11. The minimum atomic E-state index is -0.332. The van der Waals surface area contributed by atoms with E-state index in [1.54, 1.807) is 16.8 Å². The SMILES string of the molecule is O=C(NCCn1ncc2c(=O)n(Cc3cccc(Cl)c3)cnc21)c1cnc2ccccc2n1. The van der Waals surface area contributed by atoms with E-state index < -0.39 is 0 Å². The van der Waals surface area contributed by atoms with Gasteiger partial charge in [0.15, 0.2) is 5.65 Å². The van der Waals surface area contributed by atoms with E-state index in [9.17, 15) is 9.59 Å². The molecule has 5 aromatic rings. The van der Waals surface area contributed by atoms with Crippen molar-refractivity contribution in [3.63, 3.8) is 0 Å². The van der Waals surface area contributed by atoms with E-state index in [2.05, 4.69) is 25.4 Å². The molecule has 0 bridgehead atoms. The number of hydrogen-bond acceptors (Lipinski definition) is 6. The van der Waals surface area contributed by atoms with Gasteiger partial charge in [-0.15, -0.1) is 0 Å². The third kappa shape index (κ3) is 4.31. The van der Waals surface area contributed by atoms with Gasteiger partial charge < -0.3 is 5.32 Å². The van der Waals surface area contributed by atoms with Gasteiger partial charge in [0, 0.05) is 11.6 Å². The van der Waals surface area contributed by atoms with E-state index in [4.69, 9.17) is 11.6 Å². The predicted molar refractivity (Wildman–Crippen MR) is 124 cm³/mol. The van der Waals surface area contributed by atoms with Crippen LogP contribution in [-0.4, -0.2) is 41.8 Å². The molecular formula is C23H18ClN7O2. The molecule has 0 atom stereocenters. The van der Waals surface area contributed by atoms with Gasteiger partial charge >= 0.3 is 0 Å². The van der Waals surface area contributed by atoms with E-state index in [1.165, 1.54) is 23.3 Å². The van der Waals surface area contributed by atoms with Crippen LogP contribution in [0.15, 0.2) is 72.0 Å². The number of halogens is 1. The van der Waals surface area contributed by atoms with Gasteiger partial charge in [0.25, 0.3) is 11.5 Å². The molecule has 3 heterocycles. The van der Waals surface area contributed by atoms with Crippen molar-refractivity contribution in [2.45, 2.75) is 13.1 Å². The van der Waals surface area contributed by atoms with Crippen molar-refractivity contribution in [1.82, 2.24) is 34.6 Å². The second-order valence-corrected chi connectivity index (χ2v) is 7.85. The monoisotopic (exact) mass is 459 g/mol. The van der Waals surface area contributed by atoms with E-state index in [1.807, 2.05) is 36.4 Å². The van der Waals surface area contributed by atoms with Crippen LogP contribution in [0.5, 0.6) is 0 Å². The van der Waals surface area contributed by atoms with Crippen LogP contribution in [0.2, 0.25) is 5.02 Å². The number of carbonyl (C=O) groups is 1. The van der Waals surface area contributed by atoms with Gasteiger partial charge in [-0.05, 0) is 29.8 Å². The van der Waals surface area contributed by atoms with Gasteiger partial charge in [-0.25, -0.2) is 14.6 Å². The largest absolute Gasteiger partial charge is 0.349 e. The number of hydrogen-bond donors (Lipinski definition) is 1. The molecular weight excluding hydrogens is 442 g/mol. The summed E-state index contributed by atoms with van der Waals surface area (Å²) in [6, 6.07) is 14.7. The van der Waals surface area contributed by atoms with Crippen molar-refractivity contribution >= 4 is 39.6 Å². The summed E-state index contributed by atoms with van der Waals surface area (Å²) in [5.41, 5.74) is 2.79. The first kappa shape index (κ1) is 20.8. The van der Waals surface area contributed by atoms with Crippen LogP contribution in [0.3, 0.4) is 0 Å². The Morgan fingerprint density at radius 3 is 2.73 bits per heavy atom. The Balaban J connectivity index is 1.27. The maximum absolute atomic E-state index is 12.9. The van der Waals surface area contributed by atoms with Gasteiger partial charge in [-0.3, -0.25) is 19.1 Å². The molecule has 5 rings (SSSR count). The molecule has 0 spiro atoms. The van der Waals surface area contributed by atoms with Crippen LogP contribution in [0.25, 0.3) is 22.1 Å². The van der Waals surface area contributed by atoms with Gasteiger partial charge in [0.05, 0.1) is 36.5 Å². The minimum Gasteiger partial charge on any atom is -0.349 e. The maximum atomic E-state index is 12.9.